The van der Waals surface area contributed by atoms with Crippen molar-refractivity contribution in [3.63, 3.8) is 0 Å². The molecule has 7 heteroatoms. The molecular formula is C26H28N4O3. The molecule has 2 heterocycles. The number of aromatic amines is 1. The highest BCUT2D eigenvalue weighted by molar-refractivity contribution is 6.35. The Morgan fingerprint density at radius 2 is 1.61 bits per heavy atom. The number of benzene rings is 2. The minimum Gasteiger partial charge on any atom is -0.370 e. The molecule has 1 aromatic heterocycles. The zero-order chi connectivity index (χ0) is 23.9. The number of imide groups is 1. The zero-order valence-electron chi connectivity index (χ0n) is 19.6. The summed E-state index contributed by atoms with van der Waals surface area (Å²) in [6.07, 6.45) is 0. The van der Waals surface area contributed by atoms with Crippen LogP contribution in [0.4, 0.5) is 0 Å². The van der Waals surface area contributed by atoms with Crippen LogP contribution in [0.1, 0.15) is 34.9 Å². The highest BCUT2D eigenvalue weighted by Crippen LogP contribution is 2.32. The van der Waals surface area contributed by atoms with Crippen molar-refractivity contribution in [3.8, 4) is 5.69 Å². The zero-order valence-corrected chi connectivity index (χ0v) is 19.6. The van der Waals surface area contributed by atoms with Gasteiger partial charge in [0.1, 0.15) is 5.70 Å². The second kappa shape index (κ2) is 8.58. The molecule has 0 aliphatic carbocycles. The fourth-order valence-electron chi connectivity index (χ4n) is 4.20. The SMILES string of the molecule is CCN(C)C1=C(c2c(C)[nH]n(-c3cccc(C)c3C)c2=O)C(=O)N(Cc2ccccc2)C1=O. The molecule has 33 heavy (non-hydrogen) atoms. The van der Waals surface area contributed by atoms with Gasteiger partial charge in [-0.15, -0.1) is 0 Å². The molecule has 1 N–H and O–H groups in total. The number of nitrogens with one attached hydrogen (secondary N) is 1. The van der Waals surface area contributed by atoms with Gasteiger partial charge in [0.05, 0.1) is 23.4 Å². The molecule has 2 amide bonds. The molecule has 0 saturated carbocycles. The first-order valence-electron chi connectivity index (χ1n) is 11.0. The van der Waals surface area contributed by atoms with Crippen LogP contribution in [0.2, 0.25) is 0 Å². The molecule has 0 bridgehead atoms. The molecule has 0 spiro atoms. The van der Waals surface area contributed by atoms with Gasteiger partial charge in [-0.25, -0.2) is 4.68 Å². The van der Waals surface area contributed by atoms with Crippen LogP contribution in [0.5, 0.6) is 0 Å². The van der Waals surface area contributed by atoms with E-state index in [0.29, 0.717) is 12.2 Å². The molecule has 170 valence electrons. The standard InChI is InChI=1S/C26H28N4O3/c1-6-28(5)23-22(24(31)29(26(23)33)15-19-12-8-7-9-13-19)21-18(4)27-30(25(21)32)20-14-10-11-16(2)17(20)3/h7-14,27H,6,15H2,1-5H3. The molecule has 3 aromatic rings. The Labute approximate surface area is 192 Å². The van der Waals surface area contributed by atoms with Gasteiger partial charge < -0.3 is 4.90 Å². The number of aryl methyl sites for hydroxylation is 2. The Bertz CT molecular complexity index is 1330. The smallest absolute Gasteiger partial charge is 0.279 e. The van der Waals surface area contributed by atoms with Gasteiger partial charge in [0.25, 0.3) is 17.4 Å². The summed E-state index contributed by atoms with van der Waals surface area (Å²) in [7, 11) is 1.76. The van der Waals surface area contributed by atoms with Gasteiger partial charge in [-0.2, -0.15) is 0 Å². The van der Waals surface area contributed by atoms with Crippen molar-refractivity contribution in [2.75, 3.05) is 13.6 Å². The van der Waals surface area contributed by atoms with Crippen LogP contribution in [0.25, 0.3) is 11.3 Å². The van der Waals surface area contributed by atoms with E-state index in [1.165, 1.54) is 9.58 Å². The van der Waals surface area contributed by atoms with E-state index in [-0.39, 0.29) is 34.8 Å². The number of rotatable bonds is 6. The summed E-state index contributed by atoms with van der Waals surface area (Å²) in [4.78, 5) is 43.5. The van der Waals surface area contributed by atoms with Crippen LogP contribution >= 0.6 is 0 Å². The molecule has 4 rings (SSSR count). The minimum atomic E-state index is -0.452. The van der Waals surface area contributed by atoms with E-state index in [2.05, 4.69) is 5.10 Å². The molecule has 2 aromatic carbocycles. The summed E-state index contributed by atoms with van der Waals surface area (Å²) in [6.45, 7) is 8.27. The minimum absolute atomic E-state index is 0.151. The van der Waals surface area contributed by atoms with Crippen LogP contribution in [0.15, 0.2) is 59.0 Å². The number of H-pyrrole nitrogens is 1. The van der Waals surface area contributed by atoms with E-state index in [0.717, 1.165) is 22.4 Å². The Morgan fingerprint density at radius 1 is 0.909 bits per heavy atom. The van der Waals surface area contributed by atoms with Crippen molar-refractivity contribution in [3.05, 3.63) is 92.5 Å². The van der Waals surface area contributed by atoms with Gasteiger partial charge in [-0.05, 0) is 50.5 Å². The second-order valence-electron chi connectivity index (χ2n) is 8.39. The highest BCUT2D eigenvalue weighted by atomic mass is 16.2. The van der Waals surface area contributed by atoms with E-state index in [1.807, 2.05) is 69.3 Å². The lowest BCUT2D eigenvalue weighted by atomic mass is 10.0. The van der Waals surface area contributed by atoms with E-state index in [9.17, 15) is 14.4 Å². The first-order valence-corrected chi connectivity index (χ1v) is 11.0. The van der Waals surface area contributed by atoms with Crippen LogP contribution in [0.3, 0.4) is 0 Å². The number of likely N-dealkylation sites (N-methyl/N-ethyl adjacent to an activating group) is 1. The van der Waals surface area contributed by atoms with Crippen molar-refractivity contribution in [2.24, 2.45) is 0 Å². The van der Waals surface area contributed by atoms with E-state index in [1.54, 1.807) is 18.9 Å². The van der Waals surface area contributed by atoms with E-state index >= 15 is 0 Å². The third-order valence-corrected chi connectivity index (χ3v) is 6.32. The maximum absolute atomic E-state index is 13.6. The first kappa shape index (κ1) is 22.3. The Kier molecular flexibility index (Phi) is 5.80. The van der Waals surface area contributed by atoms with Crippen molar-refractivity contribution < 1.29 is 9.59 Å². The average Bonchev–Trinajstić information content (AvgIpc) is 3.22. The molecule has 0 fully saturated rings. The fraction of sp³-hybridized carbons (Fsp3) is 0.269. The molecule has 0 unspecified atom stereocenters. The van der Waals surface area contributed by atoms with Crippen molar-refractivity contribution in [2.45, 2.75) is 34.2 Å². The van der Waals surface area contributed by atoms with Crippen LogP contribution < -0.4 is 5.56 Å². The summed E-state index contributed by atoms with van der Waals surface area (Å²) in [6, 6.07) is 15.1. The van der Waals surface area contributed by atoms with Gasteiger partial charge in [0, 0.05) is 19.3 Å². The Morgan fingerprint density at radius 3 is 2.27 bits per heavy atom. The molecule has 1 aliphatic heterocycles. The van der Waals surface area contributed by atoms with Gasteiger partial charge in [-0.3, -0.25) is 24.4 Å². The van der Waals surface area contributed by atoms with Crippen molar-refractivity contribution >= 4 is 17.4 Å². The maximum Gasteiger partial charge on any atom is 0.279 e. The largest absolute Gasteiger partial charge is 0.370 e. The maximum atomic E-state index is 13.6. The monoisotopic (exact) mass is 444 g/mol. The highest BCUT2D eigenvalue weighted by Gasteiger charge is 2.42. The number of nitrogens with zero attached hydrogens (tertiary/aromatic N) is 3. The predicted octanol–water partition coefficient (Wildman–Crippen LogP) is 3.32. The van der Waals surface area contributed by atoms with E-state index in [4.69, 9.17) is 0 Å². The lowest BCUT2D eigenvalue weighted by molar-refractivity contribution is -0.138. The molecule has 0 atom stereocenters. The Hall–Kier alpha value is -3.87. The fourth-order valence-corrected chi connectivity index (χ4v) is 4.20. The second-order valence-corrected chi connectivity index (χ2v) is 8.39. The predicted molar refractivity (Wildman–Crippen MR) is 128 cm³/mol. The summed E-state index contributed by atoms with van der Waals surface area (Å²) in [5.74, 6) is -0.840. The number of hydrogen-bond donors (Lipinski definition) is 1. The van der Waals surface area contributed by atoms with Gasteiger partial charge in [0.2, 0.25) is 0 Å². The number of carbonyl (C=O) groups is 2. The van der Waals surface area contributed by atoms with Crippen molar-refractivity contribution in [1.82, 2.24) is 19.6 Å². The Balaban J connectivity index is 1.87. The number of hydrogen-bond acceptors (Lipinski definition) is 4. The number of aromatic nitrogens is 2. The third kappa shape index (κ3) is 3.69. The lowest BCUT2D eigenvalue weighted by Gasteiger charge is -2.19. The quantitative estimate of drug-likeness (QED) is 0.592. The molecule has 7 nitrogen and oxygen atoms in total. The van der Waals surface area contributed by atoms with Crippen molar-refractivity contribution in [1.29, 1.82) is 0 Å². The lowest BCUT2D eigenvalue weighted by Crippen LogP contribution is -2.33. The number of amides is 2. The van der Waals surface area contributed by atoms with Gasteiger partial charge >= 0.3 is 0 Å². The summed E-state index contributed by atoms with van der Waals surface area (Å²) >= 11 is 0. The van der Waals surface area contributed by atoms with Crippen LogP contribution in [0, 0.1) is 20.8 Å². The normalized spacial score (nSPS) is 13.9. The molecule has 1 aliphatic rings. The van der Waals surface area contributed by atoms with Gasteiger partial charge in [-0.1, -0.05) is 42.5 Å². The third-order valence-electron chi connectivity index (χ3n) is 6.32. The van der Waals surface area contributed by atoms with Crippen LogP contribution in [-0.2, 0) is 16.1 Å². The molecule has 0 radical (unpaired) electrons. The first-order chi connectivity index (χ1) is 15.8. The van der Waals surface area contributed by atoms with E-state index < -0.39 is 5.91 Å². The van der Waals surface area contributed by atoms with Crippen LogP contribution in [-0.4, -0.2) is 45.0 Å². The molecular weight excluding hydrogens is 416 g/mol. The molecule has 0 saturated heterocycles. The summed E-state index contributed by atoms with van der Waals surface area (Å²) < 4.78 is 1.46. The topological polar surface area (TPSA) is 78.4 Å². The van der Waals surface area contributed by atoms with Gasteiger partial charge in [0.15, 0.2) is 0 Å². The average molecular weight is 445 g/mol. The summed E-state index contributed by atoms with van der Waals surface area (Å²) in [5, 5.41) is 3.12. The number of carbonyl (C=O) groups excluding carboxylic acids is 2. The summed E-state index contributed by atoms with van der Waals surface area (Å²) in [5.41, 5.74) is 4.43.